The van der Waals surface area contributed by atoms with Crippen molar-refractivity contribution in [3.63, 3.8) is 0 Å². The van der Waals surface area contributed by atoms with E-state index >= 15 is 0 Å². The normalized spacial score (nSPS) is 22.3. The van der Waals surface area contributed by atoms with Gasteiger partial charge in [0.15, 0.2) is 5.79 Å². The number of likely N-dealkylation sites (tertiary alicyclic amines) is 1. The molecule has 182 valence electrons. The van der Waals surface area contributed by atoms with Gasteiger partial charge in [0.2, 0.25) is 11.8 Å². The fourth-order valence-electron chi connectivity index (χ4n) is 5.20. The van der Waals surface area contributed by atoms with Gasteiger partial charge in [-0.15, -0.1) is 0 Å². The standard InChI is InChI=1S/C24H35N3O6/c1-4-31-21(28)11-19(17-5-6-20(30-3)25-14-17)26-22(29)18-12-24(13-18)15-27(16-24)8-7-23(2)32-9-10-33-23/h5-6,14,18-19H,4,7-13,15-16H2,1-3H3,(H,26,29). The van der Waals surface area contributed by atoms with Crippen LogP contribution in [0.2, 0.25) is 0 Å². The van der Waals surface area contributed by atoms with Crippen molar-refractivity contribution in [2.24, 2.45) is 11.3 Å². The van der Waals surface area contributed by atoms with E-state index in [1.165, 1.54) is 0 Å². The van der Waals surface area contributed by atoms with Gasteiger partial charge < -0.3 is 29.2 Å². The molecule has 1 saturated carbocycles. The zero-order valence-electron chi connectivity index (χ0n) is 19.8. The molecule has 3 heterocycles. The van der Waals surface area contributed by atoms with Gasteiger partial charge in [0.05, 0.1) is 39.4 Å². The highest BCUT2D eigenvalue weighted by atomic mass is 16.7. The van der Waals surface area contributed by atoms with Crippen molar-refractivity contribution < 1.29 is 28.5 Å². The Morgan fingerprint density at radius 2 is 2.00 bits per heavy atom. The number of esters is 1. The van der Waals surface area contributed by atoms with Gasteiger partial charge in [-0.3, -0.25) is 9.59 Å². The highest BCUT2D eigenvalue weighted by molar-refractivity contribution is 5.81. The molecule has 1 aromatic heterocycles. The van der Waals surface area contributed by atoms with Crippen LogP contribution in [0.4, 0.5) is 0 Å². The van der Waals surface area contributed by atoms with Crippen LogP contribution in [0.3, 0.4) is 0 Å². The van der Waals surface area contributed by atoms with E-state index in [4.69, 9.17) is 18.9 Å². The van der Waals surface area contributed by atoms with E-state index in [0.717, 1.165) is 44.5 Å². The molecule has 33 heavy (non-hydrogen) atoms. The lowest BCUT2D eigenvalue weighted by Gasteiger charge is -2.59. The smallest absolute Gasteiger partial charge is 0.308 e. The first kappa shape index (κ1) is 23.9. The quantitative estimate of drug-likeness (QED) is 0.529. The van der Waals surface area contributed by atoms with Crippen molar-refractivity contribution >= 4 is 11.9 Å². The van der Waals surface area contributed by atoms with Crippen molar-refractivity contribution in [3.8, 4) is 5.88 Å². The highest BCUT2D eigenvalue weighted by Crippen LogP contribution is 2.52. The first-order valence-corrected chi connectivity index (χ1v) is 11.8. The minimum absolute atomic E-state index is 0.00976. The Labute approximate surface area is 195 Å². The van der Waals surface area contributed by atoms with Crippen molar-refractivity contribution in [2.75, 3.05) is 46.6 Å². The molecule has 9 heteroatoms. The second-order valence-electron chi connectivity index (χ2n) is 9.60. The van der Waals surface area contributed by atoms with Crippen LogP contribution < -0.4 is 10.1 Å². The fourth-order valence-corrected chi connectivity index (χ4v) is 5.20. The van der Waals surface area contributed by atoms with Crippen molar-refractivity contribution in [1.82, 2.24) is 15.2 Å². The monoisotopic (exact) mass is 461 g/mol. The van der Waals surface area contributed by atoms with Gasteiger partial charge in [-0.05, 0) is 37.7 Å². The number of ether oxygens (including phenoxy) is 4. The second kappa shape index (κ2) is 9.95. The molecule has 2 aliphatic heterocycles. The predicted octanol–water partition coefficient (Wildman–Crippen LogP) is 2.07. The summed E-state index contributed by atoms with van der Waals surface area (Å²) >= 11 is 0. The molecule has 1 atom stereocenters. The van der Waals surface area contributed by atoms with Gasteiger partial charge >= 0.3 is 5.97 Å². The molecule has 0 aromatic carbocycles. The predicted molar refractivity (Wildman–Crippen MR) is 119 cm³/mol. The van der Waals surface area contributed by atoms with Gasteiger partial charge in [-0.1, -0.05) is 6.07 Å². The maximum absolute atomic E-state index is 13.0. The molecule has 1 spiro atoms. The molecule has 0 radical (unpaired) electrons. The average Bonchev–Trinajstić information content (AvgIpc) is 3.18. The van der Waals surface area contributed by atoms with Crippen LogP contribution in [0.5, 0.6) is 5.88 Å². The maximum atomic E-state index is 13.0. The SMILES string of the molecule is CCOC(=O)CC(NC(=O)C1CC2(C1)CN(CCC1(C)OCCO1)C2)c1ccc(OC)nc1. The van der Waals surface area contributed by atoms with Crippen LogP contribution in [0.15, 0.2) is 18.3 Å². The number of carbonyl (C=O) groups is 2. The summed E-state index contributed by atoms with van der Waals surface area (Å²) in [6.07, 6.45) is 4.33. The number of aromatic nitrogens is 1. The molecule has 2 saturated heterocycles. The summed E-state index contributed by atoms with van der Waals surface area (Å²) in [5.41, 5.74) is 1.00. The largest absolute Gasteiger partial charge is 0.481 e. The van der Waals surface area contributed by atoms with E-state index in [9.17, 15) is 9.59 Å². The summed E-state index contributed by atoms with van der Waals surface area (Å²) in [7, 11) is 1.55. The van der Waals surface area contributed by atoms with E-state index in [1.54, 1.807) is 26.3 Å². The van der Waals surface area contributed by atoms with Gasteiger partial charge in [0.25, 0.3) is 0 Å². The number of hydrogen-bond acceptors (Lipinski definition) is 8. The molecule has 0 bridgehead atoms. The van der Waals surface area contributed by atoms with Crippen molar-refractivity contribution in [3.05, 3.63) is 23.9 Å². The number of carbonyl (C=O) groups excluding carboxylic acids is 2. The van der Waals surface area contributed by atoms with Gasteiger partial charge in [0.1, 0.15) is 0 Å². The maximum Gasteiger partial charge on any atom is 0.308 e. The van der Waals surface area contributed by atoms with E-state index < -0.39 is 11.8 Å². The molecule has 4 rings (SSSR count). The Hall–Kier alpha value is -2.23. The molecule has 1 unspecified atom stereocenters. The highest BCUT2D eigenvalue weighted by Gasteiger charge is 2.54. The number of hydrogen-bond donors (Lipinski definition) is 1. The van der Waals surface area contributed by atoms with Crippen LogP contribution in [0, 0.1) is 11.3 Å². The molecular formula is C24H35N3O6. The summed E-state index contributed by atoms with van der Waals surface area (Å²) in [5, 5.41) is 3.06. The number of rotatable bonds is 10. The molecule has 9 nitrogen and oxygen atoms in total. The third-order valence-electron chi connectivity index (χ3n) is 6.99. The van der Waals surface area contributed by atoms with Crippen molar-refractivity contribution in [1.29, 1.82) is 0 Å². The van der Waals surface area contributed by atoms with E-state index in [1.807, 2.05) is 13.0 Å². The first-order valence-electron chi connectivity index (χ1n) is 11.8. The Morgan fingerprint density at radius 3 is 2.61 bits per heavy atom. The van der Waals surface area contributed by atoms with Crippen LogP contribution in [0.25, 0.3) is 0 Å². The minimum Gasteiger partial charge on any atom is -0.481 e. The topological polar surface area (TPSA) is 99.2 Å². The van der Waals surface area contributed by atoms with Gasteiger partial charge in [-0.2, -0.15) is 0 Å². The molecule has 3 fully saturated rings. The first-order chi connectivity index (χ1) is 15.8. The lowest BCUT2D eigenvalue weighted by Crippen LogP contribution is -2.64. The van der Waals surface area contributed by atoms with Crippen LogP contribution >= 0.6 is 0 Å². The van der Waals surface area contributed by atoms with Crippen LogP contribution in [0.1, 0.15) is 51.1 Å². The van der Waals surface area contributed by atoms with Crippen molar-refractivity contribution in [2.45, 2.75) is 51.4 Å². The summed E-state index contributed by atoms with van der Waals surface area (Å²) in [4.78, 5) is 31.7. The Morgan fingerprint density at radius 1 is 1.27 bits per heavy atom. The summed E-state index contributed by atoms with van der Waals surface area (Å²) in [5.74, 6) is -0.348. The molecule has 3 aliphatic rings. The molecule has 1 N–H and O–H groups in total. The molecule has 1 aliphatic carbocycles. The minimum atomic E-state index is -0.475. The van der Waals surface area contributed by atoms with Gasteiger partial charge in [0, 0.05) is 44.2 Å². The van der Waals surface area contributed by atoms with Crippen LogP contribution in [-0.4, -0.2) is 74.1 Å². The average molecular weight is 462 g/mol. The summed E-state index contributed by atoms with van der Waals surface area (Å²) in [6.45, 7) is 8.39. The number of methoxy groups -OCH3 is 1. The summed E-state index contributed by atoms with van der Waals surface area (Å²) < 4.78 is 21.6. The van der Waals surface area contributed by atoms with E-state index in [-0.39, 0.29) is 29.6 Å². The number of pyridine rings is 1. The Kier molecular flexibility index (Phi) is 7.21. The molecule has 1 aromatic rings. The fraction of sp³-hybridized carbons (Fsp3) is 0.708. The van der Waals surface area contributed by atoms with Gasteiger partial charge in [-0.25, -0.2) is 4.98 Å². The van der Waals surface area contributed by atoms with E-state index in [0.29, 0.717) is 25.7 Å². The third kappa shape index (κ3) is 5.65. The number of nitrogens with zero attached hydrogens (tertiary/aromatic N) is 2. The van der Waals surface area contributed by atoms with Crippen LogP contribution in [-0.2, 0) is 23.8 Å². The Bertz CT molecular complexity index is 825. The zero-order chi connectivity index (χ0) is 23.5. The molecule has 1 amide bonds. The number of amides is 1. The number of nitrogens with one attached hydrogen (secondary N) is 1. The van der Waals surface area contributed by atoms with E-state index in [2.05, 4.69) is 15.2 Å². The lowest BCUT2D eigenvalue weighted by atomic mass is 9.57. The lowest BCUT2D eigenvalue weighted by molar-refractivity contribution is -0.164. The summed E-state index contributed by atoms with van der Waals surface area (Å²) in [6, 6.07) is 3.07. The molecular weight excluding hydrogens is 426 g/mol. The second-order valence-corrected chi connectivity index (χ2v) is 9.60. The third-order valence-corrected chi connectivity index (χ3v) is 6.99. The zero-order valence-corrected chi connectivity index (χ0v) is 19.8. The Balaban J connectivity index is 1.26.